The molecule has 0 bridgehead atoms. The average Bonchev–Trinajstić information content (AvgIpc) is 2.30. The third kappa shape index (κ3) is 5.47. The predicted octanol–water partition coefficient (Wildman–Crippen LogP) is 1.67. The number of carboxylic acid groups (broad SMARTS) is 1. The SMILES string of the molecule is CC(CC(O)COCc1ccccc1)C(=O)O. The molecule has 0 aliphatic heterocycles. The van der Waals surface area contributed by atoms with Crippen LogP contribution in [-0.4, -0.2) is 28.9 Å². The van der Waals surface area contributed by atoms with Crippen molar-refractivity contribution in [2.75, 3.05) is 6.61 Å². The second-order valence-corrected chi connectivity index (χ2v) is 4.13. The molecule has 94 valence electrons. The van der Waals surface area contributed by atoms with Gasteiger partial charge >= 0.3 is 5.97 Å². The van der Waals surface area contributed by atoms with Crippen LogP contribution >= 0.6 is 0 Å². The number of aliphatic hydroxyl groups is 1. The summed E-state index contributed by atoms with van der Waals surface area (Å²) in [6.45, 7) is 2.16. The largest absolute Gasteiger partial charge is 0.481 e. The monoisotopic (exact) mass is 238 g/mol. The number of ether oxygens (including phenoxy) is 1. The predicted molar refractivity (Wildman–Crippen MR) is 63.5 cm³/mol. The molecule has 0 aliphatic rings. The van der Waals surface area contributed by atoms with Crippen molar-refractivity contribution in [2.24, 2.45) is 5.92 Å². The zero-order valence-corrected chi connectivity index (χ0v) is 9.87. The molecular weight excluding hydrogens is 220 g/mol. The Morgan fingerprint density at radius 2 is 2.00 bits per heavy atom. The van der Waals surface area contributed by atoms with E-state index in [1.165, 1.54) is 0 Å². The molecule has 1 aromatic rings. The van der Waals surface area contributed by atoms with Gasteiger partial charge in [-0.1, -0.05) is 37.3 Å². The van der Waals surface area contributed by atoms with E-state index in [0.717, 1.165) is 5.56 Å². The molecule has 2 N–H and O–H groups in total. The second-order valence-electron chi connectivity index (χ2n) is 4.13. The van der Waals surface area contributed by atoms with Crippen molar-refractivity contribution < 1.29 is 19.7 Å². The minimum absolute atomic E-state index is 0.159. The highest BCUT2D eigenvalue weighted by molar-refractivity contribution is 5.69. The topological polar surface area (TPSA) is 66.8 Å². The summed E-state index contributed by atoms with van der Waals surface area (Å²) in [5.41, 5.74) is 1.03. The van der Waals surface area contributed by atoms with Crippen molar-refractivity contribution in [3.63, 3.8) is 0 Å². The first-order chi connectivity index (χ1) is 8.09. The van der Waals surface area contributed by atoms with E-state index in [4.69, 9.17) is 9.84 Å². The van der Waals surface area contributed by atoms with Gasteiger partial charge in [-0.15, -0.1) is 0 Å². The molecule has 0 saturated heterocycles. The third-order valence-corrected chi connectivity index (χ3v) is 2.47. The first kappa shape index (κ1) is 13.7. The molecule has 4 nitrogen and oxygen atoms in total. The summed E-state index contributed by atoms with van der Waals surface area (Å²) in [6.07, 6.45) is -0.519. The van der Waals surface area contributed by atoms with E-state index >= 15 is 0 Å². The molecule has 1 rings (SSSR count). The summed E-state index contributed by atoms with van der Waals surface area (Å²) in [4.78, 5) is 10.6. The molecule has 17 heavy (non-hydrogen) atoms. The molecule has 0 aromatic heterocycles. The smallest absolute Gasteiger partial charge is 0.306 e. The zero-order valence-electron chi connectivity index (χ0n) is 9.87. The first-order valence-corrected chi connectivity index (χ1v) is 5.62. The lowest BCUT2D eigenvalue weighted by atomic mass is 10.0. The van der Waals surface area contributed by atoms with Gasteiger partial charge < -0.3 is 14.9 Å². The molecule has 0 heterocycles. The summed E-state index contributed by atoms with van der Waals surface area (Å²) < 4.78 is 5.32. The Kier molecular flexibility index (Phi) is 5.66. The fourth-order valence-electron chi connectivity index (χ4n) is 1.46. The molecule has 0 amide bonds. The lowest BCUT2D eigenvalue weighted by Gasteiger charge is -2.13. The Morgan fingerprint density at radius 3 is 2.59 bits per heavy atom. The van der Waals surface area contributed by atoms with Crippen LogP contribution in [0.5, 0.6) is 0 Å². The quantitative estimate of drug-likeness (QED) is 0.758. The van der Waals surface area contributed by atoms with E-state index in [-0.39, 0.29) is 13.0 Å². The standard InChI is InChI=1S/C13H18O4/c1-10(13(15)16)7-12(14)9-17-8-11-5-3-2-4-6-11/h2-6,10,12,14H,7-9H2,1H3,(H,15,16). The molecular formula is C13H18O4. The molecule has 0 fully saturated rings. The van der Waals surface area contributed by atoms with E-state index < -0.39 is 18.0 Å². The Bertz CT molecular complexity index is 337. The van der Waals surface area contributed by atoms with E-state index in [2.05, 4.69) is 0 Å². The molecule has 4 heteroatoms. The number of aliphatic hydroxyl groups excluding tert-OH is 1. The normalized spacial score (nSPS) is 14.2. The first-order valence-electron chi connectivity index (χ1n) is 5.62. The number of carbonyl (C=O) groups is 1. The second kappa shape index (κ2) is 7.04. The maximum absolute atomic E-state index is 10.6. The van der Waals surface area contributed by atoms with Crippen LogP contribution in [0.15, 0.2) is 30.3 Å². The molecule has 0 aliphatic carbocycles. The molecule has 0 saturated carbocycles. The fourth-order valence-corrected chi connectivity index (χ4v) is 1.46. The van der Waals surface area contributed by atoms with E-state index in [9.17, 15) is 9.90 Å². The number of carboxylic acids is 1. The lowest BCUT2D eigenvalue weighted by Crippen LogP contribution is -2.22. The summed E-state index contributed by atoms with van der Waals surface area (Å²) in [6, 6.07) is 9.63. The minimum Gasteiger partial charge on any atom is -0.481 e. The van der Waals surface area contributed by atoms with Gasteiger partial charge in [-0.25, -0.2) is 0 Å². The maximum atomic E-state index is 10.6. The third-order valence-electron chi connectivity index (χ3n) is 2.47. The van der Waals surface area contributed by atoms with Crippen LogP contribution in [0.1, 0.15) is 18.9 Å². The summed E-state index contributed by atoms with van der Waals surface area (Å²) >= 11 is 0. The number of rotatable bonds is 7. The minimum atomic E-state index is -0.896. The van der Waals surface area contributed by atoms with Gasteiger partial charge in [0.25, 0.3) is 0 Å². The Labute approximate surface area is 101 Å². The summed E-state index contributed by atoms with van der Waals surface area (Å²) in [5.74, 6) is -1.45. The zero-order chi connectivity index (χ0) is 12.7. The average molecular weight is 238 g/mol. The van der Waals surface area contributed by atoms with Crippen LogP contribution in [0.3, 0.4) is 0 Å². The van der Waals surface area contributed by atoms with Gasteiger partial charge in [0.05, 0.1) is 25.2 Å². The molecule has 0 radical (unpaired) electrons. The van der Waals surface area contributed by atoms with Crippen molar-refractivity contribution in [2.45, 2.75) is 26.1 Å². The van der Waals surface area contributed by atoms with Gasteiger partial charge in [-0.3, -0.25) is 4.79 Å². The Morgan fingerprint density at radius 1 is 1.35 bits per heavy atom. The van der Waals surface area contributed by atoms with Crippen LogP contribution in [0.25, 0.3) is 0 Å². The van der Waals surface area contributed by atoms with Gasteiger partial charge in [0, 0.05) is 0 Å². The summed E-state index contributed by atoms with van der Waals surface area (Å²) in [5, 5.41) is 18.2. The number of hydrogen-bond acceptors (Lipinski definition) is 3. The van der Waals surface area contributed by atoms with Crippen molar-refractivity contribution in [1.82, 2.24) is 0 Å². The molecule has 1 aromatic carbocycles. The van der Waals surface area contributed by atoms with Crippen LogP contribution in [-0.2, 0) is 16.1 Å². The van der Waals surface area contributed by atoms with Crippen molar-refractivity contribution in [3.8, 4) is 0 Å². The van der Waals surface area contributed by atoms with Gasteiger partial charge in [-0.2, -0.15) is 0 Å². The van der Waals surface area contributed by atoms with Crippen LogP contribution < -0.4 is 0 Å². The number of hydrogen-bond donors (Lipinski definition) is 2. The lowest BCUT2D eigenvalue weighted by molar-refractivity contribution is -0.142. The summed E-state index contributed by atoms with van der Waals surface area (Å²) in [7, 11) is 0. The molecule has 0 spiro atoms. The van der Waals surface area contributed by atoms with Gasteiger partial charge in [0.2, 0.25) is 0 Å². The maximum Gasteiger partial charge on any atom is 0.306 e. The van der Waals surface area contributed by atoms with E-state index in [1.54, 1.807) is 6.92 Å². The Hall–Kier alpha value is -1.39. The van der Waals surface area contributed by atoms with Crippen molar-refractivity contribution in [3.05, 3.63) is 35.9 Å². The number of aliphatic carboxylic acids is 1. The van der Waals surface area contributed by atoms with E-state index in [0.29, 0.717) is 6.61 Å². The Balaban J connectivity index is 2.20. The molecule has 2 atom stereocenters. The van der Waals surface area contributed by atoms with Crippen molar-refractivity contribution in [1.29, 1.82) is 0 Å². The van der Waals surface area contributed by atoms with Crippen LogP contribution in [0.4, 0.5) is 0 Å². The van der Waals surface area contributed by atoms with Crippen molar-refractivity contribution >= 4 is 5.97 Å². The van der Waals surface area contributed by atoms with Gasteiger partial charge in [-0.05, 0) is 12.0 Å². The fraction of sp³-hybridized carbons (Fsp3) is 0.462. The highest BCUT2D eigenvalue weighted by atomic mass is 16.5. The highest BCUT2D eigenvalue weighted by Gasteiger charge is 2.16. The number of benzene rings is 1. The van der Waals surface area contributed by atoms with Crippen LogP contribution in [0.2, 0.25) is 0 Å². The molecule has 2 unspecified atom stereocenters. The van der Waals surface area contributed by atoms with Crippen LogP contribution in [0, 0.1) is 5.92 Å². The highest BCUT2D eigenvalue weighted by Crippen LogP contribution is 2.08. The van der Waals surface area contributed by atoms with Gasteiger partial charge in [0.15, 0.2) is 0 Å². The van der Waals surface area contributed by atoms with E-state index in [1.807, 2.05) is 30.3 Å². The van der Waals surface area contributed by atoms with Gasteiger partial charge in [0.1, 0.15) is 0 Å².